The summed E-state index contributed by atoms with van der Waals surface area (Å²) in [5.41, 5.74) is -1.18. The van der Waals surface area contributed by atoms with Crippen molar-refractivity contribution in [3.63, 3.8) is 0 Å². The van der Waals surface area contributed by atoms with Gasteiger partial charge < -0.3 is 10.2 Å². The van der Waals surface area contributed by atoms with Crippen molar-refractivity contribution in [2.24, 2.45) is 5.92 Å². The number of rotatable bonds is 4. The summed E-state index contributed by atoms with van der Waals surface area (Å²) in [7, 11) is -4.31. The molecule has 2 fully saturated rings. The minimum atomic E-state index is -4.75. The molecule has 164 valence electrons. The van der Waals surface area contributed by atoms with Crippen molar-refractivity contribution >= 4 is 28.3 Å². The quantitative estimate of drug-likeness (QED) is 0.730. The lowest BCUT2D eigenvalue weighted by atomic mass is 9.95. The first-order valence-electron chi connectivity index (χ1n) is 9.36. The van der Waals surface area contributed by atoms with Crippen LogP contribution in [0.3, 0.4) is 0 Å². The summed E-state index contributed by atoms with van der Waals surface area (Å²) in [6.07, 6.45) is -2.41. The Bertz CT molecular complexity index is 806. The van der Waals surface area contributed by atoms with Crippen LogP contribution in [0.4, 0.5) is 13.2 Å². The van der Waals surface area contributed by atoms with Crippen molar-refractivity contribution in [3.05, 3.63) is 29.8 Å². The third-order valence-electron chi connectivity index (χ3n) is 5.30. The first-order chi connectivity index (χ1) is 13.2. The summed E-state index contributed by atoms with van der Waals surface area (Å²) in [4.78, 5) is 13.5. The third-order valence-corrected chi connectivity index (χ3v) is 6.88. The lowest BCUT2D eigenvalue weighted by Gasteiger charge is -2.35. The van der Waals surface area contributed by atoms with Gasteiger partial charge in [-0.25, -0.2) is 13.1 Å². The Morgan fingerprint density at radius 2 is 1.66 bits per heavy atom. The molecule has 2 aliphatic rings. The van der Waals surface area contributed by atoms with E-state index < -0.39 is 32.7 Å². The van der Waals surface area contributed by atoms with Gasteiger partial charge in [-0.1, -0.05) is 12.1 Å². The number of carbonyl (C=O) groups is 1. The summed E-state index contributed by atoms with van der Waals surface area (Å²) in [5, 5.41) is 3.21. The molecule has 0 saturated carbocycles. The van der Waals surface area contributed by atoms with Crippen molar-refractivity contribution in [2.45, 2.75) is 42.8 Å². The van der Waals surface area contributed by atoms with Crippen LogP contribution in [0.2, 0.25) is 0 Å². The lowest BCUT2D eigenvalue weighted by molar-refractivity contribution is -0.140. The monoisotopic (exact) mass is 455 g/mol. The molecule has 0 radical (unpaired) electrons. The SMILES string of the molecule is Cl.O=C(C1CCNCC1)N1CCC(NS(=O)(=O)c2ccccc2C(F)(F)F)CC1. The molecule has 29 heavy (non-hydrogen) atoms. The molecule has 2 N–H and O–H groups in total. The molecule has 1 aromatic carbocycles. The van der Waals surface area contributed by atoms with E-state index >= 15 is 0 Å². The molecule has 3 rings (SSSR count). The highest BCUT2D eigenvalue weighted by molar-refractivity contribution is 7.89. The van der Waals surface area contributed by atoms with Crippen LogP contribution in [-0.2, 0) is 21.0 Å². The molecule has 6 nitrogen and oxygen atoms in total. The van der Waals surface area contributed by atoms with Crippen LogP contribution >= 0.6 is 12.4 Å². The number of likely N-dealkylation sites (tertiary alicyclic amines) is 1. The number of benzene rings is 1. The Kier molecular flexibility index (Phi) is 7.94. The van der Waals surface area contributed by atoms with E-state index in [-0.39, 0.29) is 24.2 Å². The Morgan fingerprint density at radius 1 is 1.07 bits per heavy atom. The first kappa shape index (κ1) is 23.9. The Balaban J connectivity index is 0.00000300. The number of sulfonamides is 1. The fraction of sp³-hybridized carbons (Fsp3) is 0.611. The second-order valence-electron chi connectivity index (χ2n) is 7.24. The van der Waals surface area contributed by atoms with E-state index in [0.29, 0.717) is 25.9 Å². The van der Waals surface area contributed by atoms with Gasteiger partial charge in [-0.15, -0.1) is 12.4 Å². The molecular formula is C18H25ClF3N3O3S. The van der Waals surface area contributed by atoms with Crippen LogP contribution in [0.25, 0.3) is 0 Å². The first-order valence-corrected chi connectivity index (χ1v) is 10.8. The van der Waals surface area contributed by atoms with Crippen LogP contribution < -0.4 is 10.0 Å². The zero-order valence-electron chi connectivity index (χ0n) is 15.7. The minimum Gasteiger partial charge on any atom is -0.342 e. The van der Waals surface area contributed by atoms with Crippen molar-refractivity contribution in [1.82, 2.24) is 14.9 Å². The normalized spacial score (nSPS) is 19.6. The number of nitrogens with one attached hydrogen (secondary N) is 2. The summed E-state index contributed by atoms with van der Waals surface area (Å²) in [5.74, 6) is 0.0818. The van der Waals surface area contributed by atoms with E-state index in [1.807, 2.05) is 0 Å². The van der Waals surface area contributed by atoms with Crippen molar-refractivity contribution in [1.29, 1.82) is 0 Å². The highest BCUT2D eigenvalue weighted by Crippen LogP contribution is 2.34. The van der Waals surface area contributed by atoms with E-state index in [4.69, 9.17) is 0 Å². The van der Waals surface area contributed by atoms with Crippen molar-refractivity contribution in [3.8, 4) is 0 Å². The topological polar surface area (TPSA) is 78.5 Å². The molecular weight excluding hydrogens is 431 g/mol. The largest absolute Gasteiger partial charge is 0.417 e. The minimum absolute atomic E-state index is 0. The van der Waals surface area contributed by atoms with Crippen LogP contribution in [-0.4, -0.2) is 51.4 Å². The molecule has 11 heteroatoms. The highest BCUT2D eigenvalue weighted by Gasteiger charge is 2.38. The second kappa shape index (κ2) is 9.63. The van der Waals surface area contributed by atoms with Crippen LogP contribution in [0.15, 0.2) is 29.2 Å². The van der Waals surface area contributed by atoms with Crippen LogP contribution in [0.5, 0.6) is 0 Å². The fourth-order valence-electron chi connectivity index (χ4n) is 3.76. The van der Waals surface area contributed by atoms with E-state index in [0.717, 1.165) is 44.1 Å². The number of hydrogen-bond donors (Lipinski definition) is 2. The van der Waals surface area contributed by atoms with Gasteiger partial charge in [0.05, 0.1) is 10.5 Å². The van der Waals surface area contributed by atoms with Gasteiger partial charge in [0.15, 0.2) is 0 Å². The Labute approximate surface area is 174 Å². The van der Waals surface area contributed by atoms with Gasteiger partial charge in [-0.3, -0.25) is 4.79 Å². The van der Waals surface area contributed by atoms with E-state index in [2.05, 4.69) is 10.0 Å². The number of hydrogen-bond acceptors (Lipinski definition) is 4. The highest BCUT2D eigenvalue weighted by atomic mass is 35.5. The van der Waals surface area contributed by atoms with Gasteiger partial charge in [-0.05, 0) is 50.9 Å². The van der Waals surface area contributed by atoms with Crippen molar-refractivity contribution in [2.75, 3.05) is 26.2 Å². The predicted octanol–water partition coefficient (Wildman–Crippen LogP) is 2.40. The fourth-order valence-corrected chi connectivity index (χ4v) is 5.30. The molecule has 0 aliphatic carbocycles. The van der Waals surface area contributed by atoms with Crippen molar-refractivity contribution < 1.29 is 26.4 Å². The maximum absolute atomic E-state index is 13.1. The van der Waals surface area contributed by atoms with Gasteiger partial charge in [0.2, 0.25) is 15.9 Å². The van der Waals surface area contributed by atoms with E-state index in [9.17, 15) is 26.4 Å². The Morgan fingerprint density at radius 3 is 2.24 bits per heavy atom. The molecule has 0 aromatic heterocycles. The number of halogens is 4. The molecule has 2 saturated heterocycles. The molecule has 0 atom stereocenters. The predicted molar refractivity (Wildman–Crippen MR) is 104 cm³/mol. The number of piperidine rings is 2. The van der Waals surface area contributed by atoms with Crippen LogP contribution in [0.1, 0.15) is 31.2 Å². The van der Waals surface area contributed by atoms with Gasteiger partial charge in [-0.2, -0.15) is 13.2 Å². The molecule has 1 aromatic rings. The average Bonchev–Trinajstić information content (AvgIpc) is 2.68. The molecule has 1 amide bonds. The maximum Gasteiger partial charge on any atom is 0.417 e. The van der Waals surface area contributed by atoms with Gasteiger partial charge in [0, 0.05) is 25.0 Å². The molecule has 0 bridgehead atoms. The number of nitrogens with zero attached hydrogens (tertiary/aromatic N) is 1. The molecule has 2 heterocycles. The summed E-state index contributed by atoms with van der Waals surface area (Å²) >= 11 is 0. The summed E-state index contributed by atoms with van der Waals surface area (Å²) in [6, 6.07) is 3.65. The molecule has 0 unspecified atom stereocenters. The molecule has 2 aliphatic heterocycles. The average molecular weight is 456 g/mol. The van der Waals surface area contributed by atoms with E-state index in [1.165, 1.54) is 6.07 Å². The molecule has 0 spiro atoms. The standard InChI is InChI=1S/C18H24F3N3O3S.ClH/c19-18(20,21)15-3-1-2-4-16(15)28(26,27)23-14-7-11-24(12-8-14)17(25)13-5-9-22-10-6-13;/h1-4,13-14,22-23H,5-12H2;1H. The van der Waals surface area contributed by atoms with E-state index in [1.54, 1.807) is 4.90 Å². The smallest absolute Gasteiger partial charge is 0.342 e. The number of carbonyl (C=O) groups excluding carboxylic acids is 1. The number of amides is 1. The third kappa shape index (κ3) is 5.84. The van der Waals surface area contributed by atoms with Gasteiger partial charge in [0.25, 0.3) is 0 Å². The van der Waals surface area contributed by atoms with Crippen LogP contribution in [0, 0.1) is 5.92 Å². The maximum atomic E-state index is 13.1. The zero-order valence-corrected chi connectivity index (χ0v) is 17.4. The number of alkyl halides is 3. The zero-order chi connectivity index (χ0) is 20.4. The summed E-state index contributed by atoms with van der Waals surface area (Å²) < 4.78 is 66.9. The van der Waals surface area contributed by atoms with Gasteiger partial charge in [0.1, 0.15) is 0 Å². The Hall–Kier alpha value is -1.36. The second-order valence-corrected chi connectivity index (χ2v) is 8.92. The lowest BCUT2D eigenvalue weighted by Crippen LogP contribution is -2.49. The summed E-state index contributed by atoms with van der Waals surface area (Å²) in [6.45, 7) is 2.42. The van der Waals surface area contributed by atoms with Gasteiger partial charge >= 0.3 is 6.18 Å².